The minimum atomic E-state index is -0.846. The van der Waals surface area contributed by atoms with Crippen LogP contribution in [0.2, 0.25) is 0 Å². The molecule has 0 unspecified atom stereocenters. The molecule has 0 aliphatic carbocycles. The largest absolute Gasteiger partial charge is 0.463 e. The molecule has 1 atom stereocenters. The molecule has 0 radical (unpaired) electrons. The van der Waals surface area contributed by atoms with E-state index in [0.29, 0.717) is 5.69 Å². The van der Waals surface area contributed by atoms with Crippen LogP contribution in [0.5, 0.6) is 5.88 Å². The highest BCUT2D eigenvalue weighted by atomic mass is 19.1. The molecule has 1 amide bonds. The summed E-state index contributed by atoms with van der Waals surface area (Å²) in [4.78, 5) is 24.7. The Labute approximate surface area is 168 Å². The highest BCUT2D eigenvalue weighted by molar-refractivity contribution is 5.95. The van der Waals surface area contributed by atoms with E-state index in [4.69, 9.17) is 4.74 Å². The number of carbonyl (C=O) groups excluding carboxylic acids is 1. The third kappa shape index (κ3) is 4.68. The van der Waals surface area contributed by atoms with E-state index in [9.17, 15) is 14.0 Å². The first-order valence-corrected chi connectivity index (χ1v) is 9.16. The maximum absolute atomic E-state index is 13.1. The number of aromatic nitrogens is 2. The fourth-order valence-corrected chi connectivity index (χ4v) is 3.06. The lowest BCUT2D eigenvalue weighted by Gasteiger charge is -2.17. The van der Waals surface area contributed by atoms with E-state index in [1.807, 2.05) is 32.9 Å². The predicted octanol–water partition coefficient (Wildman–Crippen LogP) is 3.70. The van der Waals surface area contributed by atoms with Crippen molar-refractivity contribution in [3.8, 4) is 11.6 Å². The smallest absolute Gasteiger partial charge is 0.271 e. The fraction of sp³-hybridized carbons (Fsp3) is 0.227. The lowest BCUT2D eigenvalue weighted by atomic mass is 10.0. The van der Waals surface area contributed by atoms with Gasteiger partial charge in [0, 0.05) is 17.8 Å². The van der Waals surface area contributed by atoms with Crippen LogP contribution in [-0.2, 0) is 4.79 Å². The Balaban J connectivity index is 1.78. The quantitative estimate of drug-likeness (QED) is 0.715. The zero-order chi connectivity index (χ0) is 21.1. The van der Waals surface area contributed by atoms with E-state index in [1.54, 1.807) is 6.92 Å². The van der Waals surface area contributed by atoms with E-state index in [-0.39, 0.29) is 11.8 Å². The van der Waals surface area contributed by atoms with Crippen LogP contribution in [0.3, 0.4) is 0 Å². The number of benzene rings is 2. The van der Waals surface area contributed by atoms with Gasteiger partial charge in [-0.1, -0.05) is 17.7 Å². The Kier molecular flexibility index (Phi) is 5.77. The molecule has 0 spiro atoms. The maximum atomic E-state index is 13.1. The minimum absolute atomic E-state index is 0.105. The van der Waals surface area contributed by atoms with Gasteiger partial charge >= 0.3 is 0 Å². The van der Waals surface area contributed by atoms with Crippen LogP contribution < -0.4 is 15.6 Å². The molecule has 3 aromatic rings. The number of amides is 1. The summed E-state index contributed by atoms with van der Waals surface area (Å²) in [7, 11) is 0. The normalized spacial score (nSPS) is 11.8. The second kappa shape index (κ2) is 8.26. The Bertz CT molecular complexity index is 1080. The van der Waals surface area contributed by atoms with Crippen molar-refractivity contribution in [2.24, 2.45) is 0 Å². The zero-order valence-corrected chi connectivity index (χ0v) is 16.7. The molecule has 29 heavy (non-hydrogen) atoms. The molecule has 6 nitrogen and oxygen atoms in total. The molecule has 0 fully saturated rings. The molecule has 150 valence electrons. The molecular weight excluding hydrogens is 373 g/mol. The van der Waals surface area contributed by atoms with Crippen LogP contribution in [-0.4, -0.2) is 21.8 Å². The summed E-state index contributed by atoms with van der Waals surface area (Å²) in [5.41, 5.74) is 3.80. The molecule has 1 aromatic heterocycles. The van der Waals surface area contributed by atoms with Crippen molar-refractivity contribution in [2.45, 2.75) is 33.8 Å². The summed E-state index contributed by atoms with van der Waals surface area (Å²) in [6.45, 7) is 7.46. The number of anilines is 1. The highest BCUT2D eigenvalue weighted by Crippen LogP contribution is 2.22. The Morgan fingerprint density at radius 3 is 2.31 bits per heavy atom. The van der Waals surface area contributed by atoms with Crippen molar-refractivity contribution >= 4 is 11.6 Å². The monoisotopic (exact) mass is 395 g/mol. The Hall–Kier alpha value is -3.48. The summed E-state index contributed by atoms with van der Waals surface area (Å²) in [6, 6.07) is 12.0. The number of ether oxygens (including phenoxy) is 1. The van der Waals surface area contributed by atoms with Crippen LogP contribution in [0.1, 0.15) is 23.6 Å². The van der Waals surface area contributed by atoms with Crippen molar-refractivity contribution < 1.29 is 13.9 Å². The summed E-state index contributed by atoms with van der Waals surface area (Å²) >= 11 is 0. The summed E-state index contributed by atoms with van der Waals surface area (Å²) in [5.74, 6) is -0.642. The van der Waals surface area contributed by atoms with Gasteiger partial charge in [-0.2, -0.15) is 4.68 Å². The van der Waals surface area contributed by atoms with Crippen LogP contribution in [0.4, 0.5) is 10.1 Å². The number of hydrogen-bond donors (Lipinski definition) is 1. The average Bonchev–Trinajstić information content (AvgIpc) is 2.66. The molecule has 0 saturated carbocycles. The summed E-state index contributed by atoms with van der Waals surface area (Å²) in [5, 5.41) is 7.02. The molecular formula is C22H22FN3O3. The molecule has 3 rings (SSSR count). The Morgan fingerprint density at radius 2 is 1.69 bits per heavy atom. The standard InChI is InChI=1S/C22H22FN3O3/c1-13-11-14(2)21(15(3)12-13)24-22(28)16(4)29-19-9-10-20(27)26(25-19)18-7-5-17(23)6-8-18/h5-12,16H,1-4H3,(H,24,28)/t16-/m0/s1. The van der Waals surface area contributed by atoms with E-state index < -0.39 is 17.5 Å². The number of carbonyl (C=O) groups is 1. The van der Waals surface area contributed by atoms with Gasteiger partial charge in [0.15, 0.2) is 6.10 Å². The second-order valence-corrected chi connectivity index (χ2v) is 6.92. The van der Waals surface area contributed by atoms with Crippen LogP contribution >= 0.6 is 0 Å². The molecule has 0 aliphatic heterocycles. The average molecular weight is 395 g/mol. The van der Waals surface area contributed by atoms with Crippen LogP contribution in [0.25, 0.3) is 5.69 Å². The van der Waals surface area contributed by atoms with Crippen molar-refractivity contribution in [2.75, 3.05) is 5.32 Å². The SMILES string of the molecule is Cc1cc(C)c(NC(=O)[C@H](C)Oc2ccc(=O)n(-c3ccc(F)cc3)n2)c(C)c1. The number of rotatable bonds is 5. The minimum Gasteiger partial charge on any atom is -0.463 e. The number of halogens is 1. The van der Waals surface area contributed by atoms with Gasteiger partial charge in [-0.25, -0.2) is 4.39 Å². The van der Waals surface area contributed by atoms with Crippen molar-refractivity contribution in [1.82, 2.24) is 9.78 Å². The first kappa shape index (κ1) is 20.3. The molecule has 0 saturated heterocycles. The molecule has 1 heterocycles. The van der Waals surface area contributed by atoms with Gasteiger partial charge in [0.1, 0.15) is 5.82 Å². The number of nitrogens with one attached hydrogen (secondary N) is 1. The van der Waals surface area contributed by atoms with Crippen molar-refractivity contribution in [3.05, 3.63) is 81.4 Å². The molecule has 1 N–H and O–H groups in total. The first-order valence-electron chi connectivity index (χ1n) is 9.16. The molecule has 0 aliphatic rings. The van der Waals surface area contributed by atoms with Crippen molar-refractivity contribution in [3.63, 3.8) is 0 Å². The number of nitrogens with zero attached hydrogens (tertiary/aromatic N) is 2. The van der Waals surface area contributed by atoms with Crippen molar-refractivity contribution in [1.29, 1.82) is 0 Å². The number of hydrogen-bond acceptors (Lipinski definition) is 4. The maximum Gasteiger partial charge on any atom is 0.271 e. The highest BCUT2D eigenvalue weighted by Gasteiger charge is 2.18. The zero-order valence-electron chi connectivity index (χ0n) is 16.7. The van der Waals surface area contributed by atoms with Gasteiger partial charge in [0.2, 0.25) is 5.88 Å². The van der Waals surface area contributed by atoms with Crippen LogP contribution in [0, 0.1) is 26.6 Å². The van der Waals surface area contributed by atoms with E-state index in [0.717, 1.165) is 27.1 Å². The van der Waals surface area contributed by atoms with Crippen LogP contribution in [0.15, 0.2) is 53.3 Å². The summed E-state index contributed by atoms with van der Waals surface area (Å²) in [6.07, 6.45) is -0.846. The van der Waals surface area contributed by atoms with E-state index in [2.05, 4.69) is 10.4 Å². The first-order chi connectivity index (χ1) is 13.7. The lowest BCUT2D eigenvalue weighted by Crippen LogP contribution is -2.32. The lowest BCUT2D eigenvalue weighted by molar-refractivity contribution is -0.122. The van der Waals surface area contributed by atoms with Gasteiger partial charge in [0.05, 0.1) is 5.69 Å². The van der Waals surface area contributed by atoms with E-state index in [1.165, 1.54) is 36.4 Å². The topological polar surface area (TPSA) is 73.2 Å². The molecule has 0 bridgehead atoms. The third-order valence-electron chi connectivity index (χ3n) is 4.44. The Morgan fingerprint density at radius 1 is 1.07 bits per heavy atom. The fourth-order valence-electron chi connectivity index (χ4n) is 3.06. The second-order valence-electron chi connectivity index (χ2n) is 6.92. The van der Waals surface area contributed by atoms with Gasteiger partial charge in [-0.05, 0) is 63.1 Å². The van der Waals surface area contributed by atoms with Gasteiger partial charge in [-0.15, -0.1) is 5.10 Å². The predicted molar refractivity (Wildman–Crippen MR) is 109 cm³/mol. The number of aryl methyl sites for hydroxylation is 3. The van der Waals surface area contributed by atoms with Gasteiger partial charge in [0.25, 0.3) is 11.5 Å². The van der Waals surface area contributed by atoms with Gasteiger partial charge < -0.3 is 10.1 Å². The third-order valence-corrected chi connectivity index (χ3v) is 4.44. The summed E-state index contributed by atoms with van der Waals surface area (Å²) < 4.78 is 19.9. The van der Waals surface area contributed by atoms with Gasteiger partial charge in [-0.3, -0.25) is 9.59 Å². The van der Waals surface area contributed by atoms with E-state index >= 15 is 0 Å². The molecule has 7 heteroatoms. The molecule has 2 aromatic carbocycles.